The maximum Gasteiger partial charge on any atom is 0.146 e. The van der Waals surface area contributed by atoms with Crippen LogP contribution in [0.2, 0.25) is 0 Å². The van der Waals surface area contributed by atoms with Gasteiger partial charge < -0.3 is 19.9 Å². The van der Waals surface area contributed by atoms with Gasteiger partial charge in [-0.1, -0.05) is 0 Å². The lowest BCUT2D eigenvalue weighted by Crippen LogP contribution is -2.54. The molecule has 0 aliphatic rings. The van der Waals surface area contributed by atoms with Gasteiger partial charge in [-0.2, -0.15) is 0 Å². The molecule has 15 heavy (non-hydrogen) atoms. The van der Waals surface area contributed by atoms with E-state index in [4.69, 9.17) is 15.3 Å². The standard InChI is InChI=1S/C8H16N4O3/c1-12-6-10-11-7(12)2-9-8(3-13,4-14)5-15/h6,9,13-15H,2-5H2,1H3. The van der Waals surface area contributed by atoms with Gasteiger partial charge >= 0.3 is 0 Å². The third-order valence-corrected chi connectivity index (χ3v) is 2.33. The molecular weight excluding hydrogens is 200 g/mol. The molecule has 1 aromatic rings. The lowest BCUT2D eigenvalue weighted by Gasteiger charge is -2.28. The van der Waals surface area contributed by atoms with Crippen molar-refractivity contribution >= 4 is 0 Å². The summed E-state index contributed by atoms with van der Waals surface area (Å²) in [6.45, 7) is -0.730. The molecule has 1 rings (SSSR count). The smallest absolute Gasteiger partial charge is 0.146 e. The van der Waals surface area contributed by atoms with Gasteiger partial charge in [-0.25, -0.2) is 0 Å². The summed E-state index contributed by atoms with van der Waals surface area (Å²) in [5.41, 5.74) is -1.08. The van der Waals surface area contributed by atoms with Gasteiger partial charge in [0.05, 0.1) is 31.9 Å². The Bertz CT molecular complexity index is 290. The number of aryl methyl sites for hydroxylation is 1. The summed E-state index contributed by atoms with van der Waals surface area (Å²) >= 11 is 0. The van der Waals surface area contributed by atoms with E-state index < -0.39 is 5.54 Å². The molecule has 0 aliphatic heterocycles. The van der Waals surface area contributed by atoms with E-state index >= 15 is 0 Å². The maximum atomic E-state index is 9.05. The number of aromatic nitrogens is 3. The van der Waals surface area contributed by atoms with E-state index in [1.165, 1.54) is 0 Å². The van der Waals surface area contributed by atoms with Crippen molar-refractivity contribution in [1.29, 1.82) is 0 Å². The Morgan fingerprint density at radius 3 is 2.33 bits per heavy atom. The molecule has 0 atom stereocenters. The molecular formula is C8H16N4O3. The zero-order valence-corrected chi connectivity index (χ0v) is 8.59. The second kappa shape index (κ2) is 5.17. The molecule has 0 aliphatic carbocycles. The third-order valence-electron chi connectivity index (χ3n) is 2.33. The fraction of sp³-hybridized carbons (Fsp3) is 0.750. The minimum Gasteiger partial charge on any atom is -0.394 e. The van der Waals surface area contributed by atoms with Crippen molar-refractivity contribution in [3.8, 4) is 0 Å². The first kappa shape index (κ1) is 12.1. The van der Waals surface area contributed by atoms with E-state index in [1.807, 2.05) is 0 Å². The zero-order chi connectivity index (χ0) is 11.3. The number of nitrogens with one attached hydrogen (secondary N) is 1. The Morgan fingerprint density at radius 2 is 1.93 bits per heavy atom. The van der Waals surface area contributed by atoms with Gasteiger partial charge in [0.15, 0.2) is 0 Å². The molecule has 0 saturated heterocycles. The van der Waals surface area contributed by atoms with Crippen LogP contribution in [0.3, 0.4) is 0 Å². The zero-order valence-electron chi connectivity index (χ0n) is 8.59. The van der Waals surface area contributed by atoms with Crippen molar-refractivity contribution in [3.63, 3.8) is 0 Å². The van der Waals surface area contributed by atoms with Crippen molar-refractivity contribution in [2.75, 3.05) is 19.8 Å². The van der Waals surface area contributed by atoms with Crippen LogP contribution in [-0.2, 0) is 13.6 Å². The average Bonchev–Trinajstić information content (AvgIpc) is 2.67. The molecule has 4 N–H and O–H groups in total. The molecule has 0 amide bonds. The molecule has 1 heterocycles. The Labute approximate surface area is 87.4 Å². The van der Waals surface area contributed by atoms with Crippen LogP contribution in [0.5, 0.6) is 0 Å². The molecule has 0 radical (unpaired) electrons. The topological polar surface area (TPSA) is 103 Å². The summed E-state index contributed by atoms with van der Waals surface area (Å²) in [6, 6.07) is 0. The van der Waals surface area contributed by atoms with Gasteiger partial charge in [-0.3, -0.25) is 5.32 Å². The van der Waals surface area contributed by atoms with E-state index in [1.54, 1.807) is 17.9 Å². The molecule has 7 heteroatoms. The van der Waals surface area contributed by atoms with E-state index in [2.05, 4.69) is 15.5 Å². The number of hydrogen-bond acceptors (Lipinski definition) is 6. The van der Waals surface area contributed by atoms with Crippen molar-refractivity contribution < 1.29 is 15.3 Å². The lowest BCUT2D eigenvalue weighted by molar-refractivity contribution is 0.0407. The van der Waals surface area contributed by atoms with Crippen LogP contribution in [0.1, 0.15) is 5.82 Å². The molecule has 0 fully saturated rings. The van der Waals surface area contributed by atoms with Crippen molar-refractivity contribution in [1.82, 2.24) is 20.1 Å². The van der Waals surface area contributed by atoms with Gasteiger partial charge in [0.25, 0.3) is 0 Å². The average molecular weight is 216 g/mol. The molecule has 7 nitrogen and oxygen atoms in total. The van der Waals surface area contributed by atoms with E-state index in [9.17, 15) is 0 Å². The summed E-state index contributed by atoms with van der Waals surface area (Å²) in [5, 5.41) is 37.5. The first-order valence-corrected chi connectivity index (χ1v) is 4.58. The number of aliphatic hydroxyl groups excluding tert-OH is 3. The molecule has 0 bridgehead atoms. The van der Waals surface area contributed by atoms with Gasteiger partial charge in [0.1, 0.15) is 12.2 Å². The largest absolute Gasteiger partial charge is 0.394 e. The SMILES string of the molecule is Cn1cnnc1CNC(CO)(CO)CO. The highest BCUT2D eigenvalue weighted by Gasteiger charge is 2.27. The number of nitrogens with zero attached hydrogens (tertiary/aromatic N) is 3. The molecule has 0 spiro atoms. The van der Waals surface area contributed by atoms with E-state index in [0.717, 1.165) is 0 Å². The Kier molecular flexibility index (Phi) is 4.15. The fourth-order valence-corrected chi connectivity index (χ4v) is 1.05. The Hall–Kier alpha value is -1.02. The first-order chi connectivity index (χ1) is 7.17. The van der Waals surface area contributed by atoms with Crippen LogP contribution >= 0.6 is 0 Å². The van der Waals surface area contributed by atoms with Gasteiger partial charge in [0, 0.05) is 7.05 Å². The highest BCUT2D eigenvalue weighted by molar-refractivity contribution is 4.91. The lowest BCUT2D eigenvalue weighted by atomic mass is 10.0. The van der Waals surface area contributed by atoms with Gasteiger partial charge in [-0.15, -0.1) is 10.2 Å². The van der Waals surface area contributed by atoms with Gasteiger partial charge in [-0.05, 0) is 0 Å². The summed E-state index contributed by atoms with van der Waals surface area (Å²) in [5.74, 6) is 0.662. The summed E-state index contributed by atoms with van der Waals surface area (Å²) < 4.78 is 1.71. The second-order valence-electron chi connectivity index (χ2n) is 3.47. The Morgan fingerprint density at radius 1 is 1.33 bits per heavy atom. The van der Waals surface area contributed by atoms with Crippen LogP contribution in [-0.4, -0.2) is 55.4 Å². The summed E-state index contributed by atoms with van der Waals surface area (Å²) in [4.78, 5) is 0. The van der Waals surface area contributed by atoms with Crippen LogP contribution < -0.4 is 5.32 Å². The molecule has 1 aromatic heterocycles. The second-order valence-corrected chi connectivity index (χ2v) is 3.47. The summed E-state index contributed by atoms with van der Waals surface area (Å²) in [6.07, 6.45) is 1.55. The normalized spacial score (nSPS) is 12.0. The first-order valence-electron chi connectivity index (χ1n) is 4.58. The van der Waals surface area contributed by atoms with Crippen LogP contribution in [0.25, 0.3) is 0 Å². The molecule has 0 unspecified atom stereocenters. The third kappa shape index (κ3) is 2.72. The van der Waals surface area contributed by atoms with Crippen LogP contribution in [0.15, 0.2) is 6.33 Å². The highest BCUT2D eigenvalue weighted by Crippen LogP contribution is 2.03. The molecule has 0 aromatic carbocycles. The van der Waals surface area contributed by atoms with E-state index in [-0.39, 0.29) is 19.8 Å². The maximum absolute atomic E-state index is 9.05. The molecule has 0 saturated carbocycles. The predicted molar refractivity (Wildman–Crippen MR) is 51.8 cm³/mol. The van der Waals surface area contributed by atoms with Crippen molar-refractivity contribution in [2.24, 2.45) is 7.05 Å². The van der Waals surface area contributed by atoms with Gasteiger partial charge in [0.2, 0.25) is 0 Å². The quantitative estimate of drug-likeness (QED) is 0.423. The minimum absolute atomic E-state index is 0.318. The predicted octanol–water partition coefficient (Wildman–Crippen LogP) is -2.38. The highest BCUT2D eigenvalue weighted by atomic mass is 16.3. The van der Waals surface area contributed by atoms with Crippen molar-refractivity contribution in [2.45, 2.75) is 12.1 Å². The van der Waals surface area contributed by atoms with Crippen LogP contribution in [0.4, 0.5) is 0 Å². The number of rotatable bonds is 6. The summed E-state index contributed by atoms with van der Waals surface area (Å²) in [7, 11) is 1.79. The van der Waals surface area contributed by atoms with Crippen LogP contribution in [0, 0.1) is 0 Å². The minimum atomic E-state index is -1.08. The number of hydrogen-bond donors (Lipinski definition) is 4. The number of aliphatic hydroxyl groups is 3. The molecule has 86 valence electrons. The fourth-order valence-electron chi connectivity index (χ4n) is 1.05. The van der Waals surface area contributed by atoms with Crippen molar-refractivity contribution in [3.05, 3.63) is 12.2 Å². The Balaban J connectivity index is 2.58. The monoisotopic (exact) mass is 216 g/mol. The van der Waals surface area contributed by atoms with E-state index in [0.29, 0.717) is 12.4 Å².